The molecule has 0 spiro atoms. The van der Waals surface area contributed by atoms with Crippen molar-refractivity contribution in [1.82, 2.24) is 0 Å². The third-order valence-corrected chi connectivity index (χ3v) is 5.81. The summed E-state index contributed by atoms with van der Waals surface area (Å²) in [6.45, 7) is 0. The van der Waals surface area contributed by atoms with E-state index in [2.05, 4.69) is 42.5 Å². The minimum absolute atomic E-state index is 1.01. The Labute approximate surface area is 112 Å². The highest BCUT2D eigenvalue weighted by Crippen LogP contribution is 2.36. The van der Waals surface area contributed by atoms with Crippen LogP contribution in [0.25, 0.3) is 10.8 Å². The Morgan fingerprint density at radius 2 is 1.67 bits per heavy atom. The summed E-state index contributed by atoms with van der Waals surface area (Å²) in [7, 11) is 1.12. The molecule has 1 aliphatic rings. The van der Waals surface area contributed by atoms with Crippen molar-refractivity contribution < 1.29 is 0 Å². The van der Waals surface area contributed by atoms with Gasteiger partial charge in [0.15, 0.2) is 0 Å². The molecule has 18 heavy (non-hydrogen) atoms. The Hall–Kier alpha value is -0.870. The van der Waals surface area contributed by atoms with Gasteiger partial charge in [0, 0.05) is 0 Å². The second kappa shape index (κ2) is 5.85. The summed E-state index contributed by atoms with van der Waals surface area (Å²) in [6.07, 6.45) is 8.63. The van der Waals surface area contributed by atoms with E-state index in [0.717, 1.165) is 14.2 Å². The topological polar surface area (TPSA) is 0 Å². The first-order valence-electron chi connectivity index (χ1n) is 7.13. The molecule has 0 aromatic heterocycles. The predicted molar refractivity (Wildman–Crippen MR) is 82.8 cm³/mol. The number of hydrogen-bond donors (Lipinski definition) is 0. The fraction of sp³-hybridized carbons (Fsp3) is 0.412. The molecule has 1 unspecified atom stereocenters. The second-order valence-corrected chi connectivity index (χ2v) is 6.93. The Bertz CT molecular complexity index is 507. The molecule has 0 amide bonds. The van der Waals surface area contributed by atoms with Crippen LogP contribution >= 0.6 is 8.58 Å². The maximum Gasteiger partial charge on any atom is -0.00920 e. The van der Waals surface area contributed by atoms with Crippen molar-refractivity contribution in [2.45, 2.75) is 43.9 Å². The van der Waals surface area contributed by atoms with E-state index in [4.69, 9.17) is 0 Å². The van der Waals surface area contributed by atoms with Gasteiger partial charge >= 0.3 is 0 Å². The summed E-state index contributed by atoms with van der Waals surface area (Å²) >= 11 is 0. The van der Waals surface area contributed by atoms with Crippen molar-refractivity contribution >= 4 is 19.4 Å². The summed E-state index contributed by atoms with van der Waals surface area (Å²) in [5.74, 6) is 0. The Morgan fingerprint density at radius 3 is 2.56 bits per heavy atom. The fourth-order valence-electron chi connectivity index (χ4n) is 3.01. The van der Waals surface area contributed by atoms with Gasteiger partial charge in [-0.1, -0.05) is 61.7 Å². The lowest BCUT2D eigenvalue weighted by atomic mass is 10.0. The van der Waals surface area contributed by atoms with Gasteiger partial charge in [-0.25, -0.2) is 0 Å². The third kappa shape index (κ3) is 2.75. The van der Waals surface area contributed by atoms with Crippen LogP contribution in [0.4, 0.5) is 0 Å². The number of hydrogen-bond acceptors (Lipinski definition) is 0. The summed E-state index contributed by atoms with van der Waals surface area (Å²) in [5, 5.41) is 2.85. The van der Waals surface area contributed by atoms with Gasteiger partial charge in [0.25, 0.3) is 0 Å². The van der Waals surface area contributed by atoms with Crippen LogP contribution < -0.4 is 0 Å². The normalized spacial score (nSPS) is 17.8. The molecular formula is C17H21P. The molecule has 0 saturated heterocycles. The third-order valence-electron chi connectivity index (χ3n) is 4.07. The average molecular weight is 256 g/mol. The summed E-state index contributed by atoms with van der Waals surface area (Å²) in [6, 6.07) is 15.5. The molecule has 1 saturated carbocycles. The van der Waals surface area contributed by atoms with E-state index in [-0.39, 0.29) is 0 Å². The van der Waals surface area contributed by atoms with Gasteiger partial charge in [-0.05, 0) is 41.0 Å². The van der Waals surface area contributed by atoms with Gasteiger partial charge in [0.05, 0.1) is 0 Å². The molecular weight excluding hydrogens is 235 g/mol. The van der Waals surface area contributed by atoms with Gasteiger partial charge < -0.3 is 0 Å². The van der Waals surface area contributed by atoms with E-state index in [1.165, 1.54) is 49.0 Å². The van der Waals surface area contributed by atoms with E-state index in [0.29, 0.717) is 0 Å². The second-order valence-electron chi connectivity index (χ2n) is 5.35. The van der Waals surface area contributed by atoms with Gasteiger partial charge in [-0.3, -0.25) is 0 Å². The zero-order chi connectivity index (χ0) is 12.2. The Balaban J connectivity index is 1.74. The van der Waals surface area contributed by atoms with E-state index in [1.807, 2.05) is 0 Å². The largest absolute Gasteiger partial charge is 0.114 e. The molecule has 0 heterocycles. The zero-order valence-electron chi connectivity index (χ0n) is 10.9. The van der Waals surface area contributed by atoms with E-state index >= 15 is 0 Å². The van der Waals surface area contributed by atoms with Gasteiger partial charge in [0.1, 0.15) is 0 Å². The van der Waals surface area contributed by atoms with Crippen LogP contribution in [-0.2, 0) is 6.16 Å². The van der Waals surface area contributed by atoms with Gasteiger partial charge in [-0.15, -0.1) is 8.58 Å². The molecule has 1 aliphatic carbocycles. The van der Waals surface area contributed by atoms with Crippen molar-refractivity contribution in [1.29, 1.82) is 0 Å². The van der Waals surface area contributed by atoms with Gasteiger partial charge in [-0.2, -0.15) is 0 Å². The molecule has 1 heteroatoms. The van der Waals surface area contributed by atoms with Crippen LogP contribution in [0.5, 0.6) is 0 Å². The Kier molecular flexibility index (Phi) is 3.96. The fourth-order valence-corrected chi connectivity index (χ4v) is 4.64. The van der Waals surface area contributed by atoms with E-state index in [9.17, 15) is 0 Å². The van der Waals surface area contributed by atoms with E-state index < -0.39 is 0 Å². The van der Waals surface area contributed by atoms with Crippen molar-refractivity contribution in [3.8, 4) is 0 Å². The van der Waals surface area contributed by atoms with Crippen LogP contribution in [0.2, 0.25) is 0 Å². The van der Waals surface area contributed by atoms with Crippen LogP contribution in [0.15, 0.2) is 42.5 Å². The molecule has 0 aliphatic heterocycles. The summed E-state index contributed by atoms with van der Waals surface area (Å²) in [4.78, 5) is 0. The zero-order valence-corrected chi connectivity index (χ0v) is 11.9. The van der Waals surface area contributed by atoms with Crippen molar-refractivity contribution in [3.63, 3.8) is 0 Å². The first-order chi connectivity index (χ1) is 8.93. The van der Waals surface area contributed by atoms with Crippen LogP contribution in [0.1, 0.15) is 37.7 Å². The van der Waals surface area contributed by atoms with E-state index in [1.54, 1.807) is 5.56 Å². The first-order valence-corrected chi connectivity index (χ1v) is 8.42. The smallest absolute Gasteiger partial charge is 0.00920 e. The van der Waals surface area contributed by atoms with Crippen LogP contribution in [0, 0.1) is 0 Å². The minimum Gasteiger partial charge on any atom is -0.114 e. The average Bonchev–Trinajstić information content (AvgIpc) is 2.46. The van der Waals surface area contributed by atoms with Crippen LogP contribution in [-0.4, -0.2) is 5.66 Å². The highest BCUT2D eigenvalue weighted by Gasteiger charge is 2.13. The molecule has 2 aromatic carbocycles. The summed E-state index contributed by atoms with van der Waals surface area (Å²) in [5.41, 5.74) is 2.56. The minimum atomic E-state index is 1.01. The molecule has 94 valence electrons. The first kappa shape index (κ1) is 12.2. The lowest BCUT2D eigenvalue weighted by Crippen LogP contribution is -2.06. The summed E-state index contributed by atoms with van der Waals surface area (Å²) < 4.78 is 0. The van der Waals surface area contributed by atoms with Crippen LogP contribution in [0.3, 0.4) is 0 Å². The molecule has 0 bridgehead atoms. The predicted octanol–water partition coefficient (Wildman–Crippen LogP) is 5.35. The molecule has 0 nitrogen and oxygen atoms in total. The van der Waals surface area contributed by atoms with Crippen molar-refractivity contribution in [2.24, 2.45) is 0 Å². The van der Waals surface area contributed by atoms with Crippen molar-refractivity contribution in [2.75, 3.05) is 0 Å². The standard InChI is InChI=1S/C17H21P/c1-2-10-16(11-3-1)18-13-15-9-6-8-14-7-4-5-12-17(14)15/h4-9,12,16,18H,1-3,10-11,13H2. The molecule has 2 aromatic rings. The van der Waals surface area contributed by atoms with Crippen molar-refractivity contribution in [3.05, 3.63) is 48.0 Å². The molecule has 0 N–H and O–H groups in total. The lowest BCUT2D eigenvalue weighted by molar-refractivity contribution is 0.513. The lowest BCUT2D eigenvalue weighted by Gasteiger charge is -2.21. The molecule has 0 radical (unpaired) electrons. The van der Waals surface area contributed by atoms with Gasteiger partial charge in [0.2, 0.25) is 0 Å². The molecule has 1 atom stereocenters. The number of benzene rings is 2. The highest BCUT2D eigenvalue weighted by molar-refractivity contribution is 7.38. The quantitative estimate of drug-likeness (QED) is 0.649. The number of rotatable bonds is 3. The monoisotopic (exact) mass is 256 g/mol. The molecule has 3 rings (SSSR count). The number of fused-ring (bicyclic) bond motifs is 1. The maximum absolute atomic E-state index is 2.32. The Morgan fingerprint density at radius 1 is 0.889 bits per heavy atom. The maximum atomic E-state index is 2.32. The highest BCUT2D eigenvalue weighted by atomic mass is 31.1. The SMILES string of the molecule is c1ccc2c(CPC3CCCCC3)cccc2c1. The molecule has 1 fully saturated rings.